The molecular formula is C20H18NO4P. The number of fused-ring (bicyclic) bond motifs is 3. The van der Waals surface area contributed by atoms with Crippen molar-refractivity contribution in [3.63, 3.8) is 0 Å². The summed E-state index contributed by atoms with van der Waals surface area (Å²) in [6, 6.07) is 20.5. The Balaban J connectivity index is 1.73. The van der Waals surface area contributed by atoms with Crippen LogP contribution in [-0.4, -0.2) is 13.8 Å². The molecule has 4 rings (SSSR count). The molecule has 0 saturated heterocycles. The third-order valence-corrected chi connectivity index (χ3v) is 5.25. The van der Waals surface area contributed by atoms with Gasteiger partial charge in [-0.1, -0.05) is 36.4 Å². The van der Waals surface area contributed by atoms with Crippen LogP contribution in [0, 0.1) is 0 Å². The number of ether oxygens (including phenoxy) is 1. The lowest BCUT2D eigenvalue weighted by Gasteiger charge is -2.19. The number of para-hydroxylation sites is 2. The fraction of sp³-hybridized carbons (Fsp3) is 0.100. The summed E-state index contributed by atoms with van der Waals surface area (Å²) >= 11 is 0. The second-order valence-corrected chi connectivity index (χ2v) is 8.11. The van der Waals surface area contributed by atoms with Crippen LogP contribution in [0.3, 0.4) is 0 Å². The summed E-state index contributed by atoms with van der Waals surface area (Å²) in [6.45, 7) is 1.53. The molecule has 1 heterocycles. The van der Waals surface area contributed by atoms with Gasteiger partial charge in [0.25, 0.3) is 0 Å². The number of anilines is 1. The molecular weight excluding hydrogens is 349 g/mol. The second-order valence-electron chi connectivity index (χ2n) is 6.01. The van der Waals surface area contributed by atoms with Crippen molar-refractivity contribution < 1.29 is 18.2 Å². The molecule has 0 spiro atoms. The van der Waals surface area contributed by atoms with Crippen molar-refractivity contribution in [2.45, 2.75) is 0 Å². The Morgan fingerprint density at radius 1 is 0.923 bits per heavy atom. The van der Waals surface area contributed by atoms with Crippen molar-refractivity contribution in [1.82, 2.24) is 0 Å². The number of rotatable bonds is 5. The van der Waals surface area contributed by atoms with Gasteiger partial charge in [-0.25, -0.2) is 0 Å². The van der Waals surface area contributed by atoms with Gasteiger partial charge in [-0.05, 0) is 24.3 Å². The molecule has 0 aliphatic carbocycles. The highest BCUT2D eigenvalue weighted by molar-refractivity contribution is 7.60. The van der Waals surface area contributed by atoms with E-state index in [1.54, 1.807) is 25.3 Å². The molecule has 4 aromatic rings. The first kappa shape index (κ1) is 16.6. The lowest BCUT2D eigenvalue weighted by molar-refractivity contribution is 0.417. The van der Waals surface area contributed by atoms with Crippen LogP contribution in [-0.2, 0) is 4.57 Å². The Labute approximate surface area is 151 Å². The molecule has 0 fully saturated rings. The van der Waals surface area contributed by atoms with E-state index in [9.17, 15) is 4.57 Å². The van der Waals surface area contributed by atoms with Gasteiger partial charge in [-0.2, -0.15) is 0 Å². The Bertz CT molecular complexity index is 1120. The van der Waals surface area contributed by atoms with Crippen LogP contribution in [0.1, 0.15) is 0 Å². The minimum atomic E-state index is -3.16. The normalized spacial score (nSPS) is 13.5. The number of benzene rings is 3. The van der Waals surface area contributed by atoms with Gasteiger partial charge in [0, 0.05) is 23.5 Å². The Morgan fingerprint density at radius 2 is 1.65 bits per heavy atom. The summed E-state index contributed by atoms with van der Waals surface area (Å²) in [7, 11) is -1.58. The zero-order valence-electron chi connectivity index (χ0n) is 14.4. The van der Waals surface area contributed by atoms with E-state index in [0.717, 1.165) is 16.4 Å². The molecule has 0 saturated carbocycles. The molecule has 3 aromatic carbocycles. The summed E-state index contributed by atoms with van der Waals surface area (Å²) in [6.07, 6.45) is 0. The van der Waals surface area contributed by atoms with Crippen LogP contribution in [0.5, 0.6) is 11.5 Å². The van der Waals surface area contributed by atoms with E-state index in [0.29, 0.717) is 22.8 Å². The zero-order valence-corrected chi connectivity index (χ0v) is 15.3. The van der Waals surface area contributed by atoms with E-state index < -0.39 is 7.52 Å². The predicted molar refractivity (Wildman–Crippen MR) is 104 cm³/mol. The summed E-state index contributed by atoms with van der Waals surface area (Å²) in [5, 5.41) is 4.92. The van der Waals surface area contributed by atoms with Crippen molar-refractivity contribution >= 4 is 35.1 Å². The average Bonchev–Trinajstić information content (AvgIpc) is 2.98. The maximum absolute atomic E-state index is 12.9. The molecule has 6 heteroatoms. The molecule has 0 bridgehead atoms. The zero-order chi connectivity index (χ0) is 18.1. The highest BCUT2D eigenvalue weighted by Gasteiger charge is 2.21. The summed E-state index contributed by atoms with van der Waals surface area (Å²) in [5.74, 6) is 1.11. The third kappa shape index (κ3) is 3.14. The second kappa shape index (κ2) is 6.43. The smallest absolute Gasteiger partial charge is 0.338 e. The Hall–Kier alpha value is -2.91. The average molecular weight is 367 g/mol. The number of nitrogens with one attached hydrogen (secondary N) is 1. The van der Waals surface area contributed by atoms with Crippen LogP contribution in [0.25, 0.3) is 21.9 Å². The first-order valence-corrected chi connectivity index (χ1v) is 10.2. The van der Waals surface area contributed by atoms with Crippen LogP contribution >= 0.6 is 7.52 Å². The monoisotopic (exact) mass is 367 g/mol. The van der Waals surface area contributed by atoms with Crippen LogP contribution in [0.4, 0.5) is 5.69 Å². The minimum Gasteiger partial charge on any atom is -0.495 e. The van der Waals surface area contributed by atoms with Crippen molar-refractivity contribution in [3.05, 3.63) is 66.7 Å². The van der Waals surface area contributed by atoms with Gasteiger partial charge in [0.15, 0.2) is 0 Å². The van der Waals surface area contributed by atoms with E-state index in [4.69, 9.17) is 13.7 Å². The van der Waals surface area contributed by atoms with E-state index >= 15 is 0 Å². The summed E-state index contributed by atoms with van der Waals surface area (Å²) in [4.78, 5) is 0. The maximum Gasteiger partial charge on any atom is 0.338 e. The number of methoxy groups -OCH3 is 1. The molecule has 0 radical (unpaired) electrons. The molecule has 0 aliphatic rings. The topological polar surface area (TPSA) is 60.7 Å². The first-order chi connectivity index (χ1) is 12.6. The van der Waals surface area contributed by atoms with E-state index in [-0.39, 0.29) is 0 Å². The van der Waals surface area contributed by atoms with Gasteiger partial charge in [-0.15, -0.1) is 0 Å². The molecule has 1 unspecified atom stereocenters. The van der Waals surface area contributed by atoms with Gasteiger partial charge in [0.2, 0.25) is 0 Å². The van der Waals surface area contributed by atoms with Gasteiger partial charge in [0.1, 0.15) is 22.7 Å². The lowest BCUT2D eigenvalue weighted by Crippen LogP contribution is -2.03. The number of furan rings is 1. The quantitative estimate of drug-likeness (QED) is 0.445. The van der Waals surface area contributed by atoms with Gasteiger partial charge in [-0.3, -0.25) is 4.57 Å². The molecule has 1 atom stereocenters. The fourth-order valence-electron chi connectivity index (χ4n) is 2.93. The largest absolute Gasteiger partial charge is 0.495 e. The predicted octanol–water partition coefficient (Wildman–Crippen LogP) is 5.91. The number of hydrogen-bond acceptors (Lipinski definition) is 4. The standard InChI is InChI=1S/C20H18NO4P/c1-23-20-12-16-15-10-6-7-11-18(15)24-19(16)13-17(20)21-26(2,22)25-14-8-4-3-5-9-14/h3-13H,1-2H3,(H,21,22). The molecule has 1 aromatic heterocycles. The van der Waals surface area contributed by atoms with Crippen LogP contribution in [0.15, 0.2) is 71.1 Å². The van der Waals surface area contributed by atoms with Gasteiger partial charge in [0.05, 0.1) is 12.8 Å². The van der Waals surface area contributed by atoms with Crippen LogP contribution in [0.2, 0.25) is 0 Å². The lowest BCUT2D eigenvalue weighted by atomic mass is 10.1. The van der Waals surface area contributed by atoms with E-state index in [1.165, 1.54) is 6.66 Å². The first-order valence-electron chi connectivity index (χ1n) is 8.15. The molecule has 132 valence electrons. The van der Waals surface area contributed by atoms with Crippen molar-refractivity contribution in [3.8, 4) is 11.5 Å². The van der Waals surface area contributed by atoms with Crippen molar-refractivity contribution in [2.75, 3.05) is 18.9 Å². The summed E-state index contributed by atoms with van der Waals surface area (Å²) in [5.41, 5.74) is 2.04. The molecule has 0 amide bonds. The molecule has 26 heavy (non-hydrogen) atoms. The van der Waals surface area contributed by atoms with Gasteiger partial charge >= 0.3 is 7.52 Å². The fourth-order valence-corrected chi connectivity index (χ4v) is 4.11. The highest BCUT2D eigenvalue weighted by Crippen LogP contribution is 2.47. The minimum absolute atomic E-state index is 0.537. The van der Waals surface area contributed by atoms with Crippen LogP contribution < -0.4 is 14.3 Å². The Kier molecular flexibility index (Phi) is 4.09. The molecule has 0 aliphatic heterocycles. The molecule has 5 nitrogen and oxygen atoms in total. The van der Waals surface area contributed by atoms with Crippen molar-refractivity contribution in [2.24, 2.45) is 0 Å². The Morgan fingerprint density at radius 3 is 2.42 bits per heavy atom. The van der Waals surface area contributed by atoms with Crippen molar-refractivity contribution in [1.29, 1.82) is 0 Å². The van der Waals surface area contributed by atoms with E-state index in [2.05, 4.69) is 5.09 Å². The molecule has 1 N–H and O–H groups in total. The number of hydrogen-bond donors (Lipinski definition) is 1. The SMILES string of the molecule is COc1cc2c(cc1NP(C)(=O)Oc1ccccc1)oc1ccccc12. The maximum atomic E-state index is 12.9. The van der Waals surface area contributed by atoms with Gasteiger partial charge < -0.3 is 18.8 Å². The third-order valence-electron chi connectivity index (χ3n) is 4.05. The van der Waals surface area contributed by atoms with E-state index in [1.807, 2.05) is 48.5 Å². The summed E-state index contributed by atoms with van der Waals surface area (Å²) < 4.78 is 29.9. The highest BCUT2D eigenvalue weighted by atomic mass is 31.2.